The zero-order chi connectivity index (χ0) is 24.7. The topological polar surface area (TPSA) is 105 Å². The first-order chi connectivity index (χ1) is 16.2. The number of morpholine rings is 1. The summed E-state index contributed by atoms with van der Waals surface area (Å²) in [7, 11) is -3.76. The second-order valence-corrected chi connectivity index (χ2v) is 10.3. The number of hydrogen-bond donors (Lipinski definition) is 2. The lowest BCUT2D eigenvalue weighted by Gasteiger charge is -2.26. The van der Waals surface area contributed by atoms with Gasteiger partial charge < -0.3 is 15.4 Å². The standard InChI is InChI=1S/C24H30FN3O5S/c1-17(2)22(24(30)26-11-10-18-6-3-4-9-21(18)25)27-23(29)19-7-5-8-20(16-19)34(31,32)28-12-14-33-15-13-28/h3-9,16-17,22H,10-15H2,1-2H3,(H,26,30)(H,27,29). The second kappa shape index (κ2) is 11.5. The van der Waals surface area contributed by atoms with Crippen LogP contribution in [-0.4, -0.2) is 63.4 Å². The molecule has 1 atom stereocenters. The number of ether oxygens (including phenoxy) is 1. The normalized spacial score (nSPS) is 15.6. The predicted molar refractivity (Wildman–Crippen MR) is 125 cm³/mol. The Morgan fingerprint density at radius 2 is 1.79 bits per heavy atom. The Balaban J connectivity index is 1.65. The van der Waals surface area contributed by atoms with E-state index in [2.05, 4.69) is 10.6 Å². The molecule has 0 aromatic heterocycles. The smallest absolute Gasteiger partial charge is 0.251 e. The van der Waals surface area contributed by atoms with E-state index in [0.29, 0.717) is 25.2 Å². The molecule has 1 aliphatic heterocycles. The van der Waals surface area contributed by atoms with Crippen molar-refractivity contribution < 1.29 is 27.1 Å². The van der Waals surface area contributed by atoms with E-state index in [1.54, 1.807) is 32.0 Å². The predicted octanol–water partition coefficient (Wildman–Crippen LogP) is 1.96. The molecule has 34 heavy (non-hydrogen) atoms. The molecule has 2 amide bonds. The maximum absolute atomic E-state index is 13.8. The molecule has 2 N–H and O–H groups in total. The van der Waals surface area contributed by atoms with E-state index in [9.17, 15) is 22.4 Å². The van der Waals surface area contributed by atoms with E-state index in [0.717, 1.165) is 0 Å². The molecule has 2 aromatic rings. The van der Waals surface area contributed by atoms with Crippen LogP contribution < -0.4 is 10.6 Å². The lowest BCUT2D eigenvalue weighted by molar-refractivity contribution is -0.123. The molecular formula is C24H30FN3O5S. The summed E-state index contributed by atoms with van der Waals surface area (Å²) in [5.74, 6) is -1.51. The molecule has 10 heteroatoms. The highest BCUT2D eigenvalue weighted by Gasteiger charge is 2.28. The van der Waals surface area contributed by atoms with Crippen LogP contribution >= 0.6 is 0 Å². The highest BCUT2D eigenvalue weighted by molar-refractivity contribution is 7.89. The lowest BCUT2D eigenvalue weighted by atomic mass is 10.0. The van der Waals surface area contributed by atoms with Crippen molar-refractivity contribution in [3.63, 3.8) is 0 Å². The molecule has 1 aliphatic rings. The average Bonchev–Trinajstić information content (AvgIpc) is 2.84. The first-order valence-electron chi connectivity index (χ1n) is 11.2. The maximum atomic E-state index is 13.8. The van der Waals surface area contributed by atoms with E-state index in [4.69, 9.17) is 4.74 Å². The van der Waals surface area contributed by atoms with Gasteiger partial charge in [-0.1, -0.05) is 38.1 Å². The molecule has 0 bridgehead atoms. The first-order valence-corrected chi connectivity index (χ1v) is 12.6. The molecule has 1 unspecified atom stereocenters. The van der Waals surface area contributed by atoms with Crippen LogP contribution in [0.4, 0.5) is 4.39 Å². The summed E-state index contributed by atoms with van der Waals surface area (Å²) < 4.78 is 46.1. The fraction of sp³-hybridized carbons (Fsp3) is 0.417. The number of sulfonamides is 1. The Morgan fingerprint density at radius 3 is 2.47 bits per heavy atom. The van der Waals surface area contributed by atoms with E-state index >= 15 is 0 Å². The number of nitrogens with zero attached hydrogens (tertiary/aromatic N) is 1. The molecule has 1 heterocycles. The van der Waals surface area contributed by atoms with E-state index < -0.39 is 27.9 Å². The lowest BCUT2D eigenvalue weighted by Crippen LogP contribution is -2.50. The summed E-state index contributed by atoms with van der Waals surface area (Å²) in [4.78, 5) is 25.6. The summed E-state index contributed by atoms with van der Waals surface area (Å²) in [6.45, 7) is 4.94. The van der Waals surface area contributed by atoms with E-state index in [1.165, 1.54) is 34.6 Å². The van der Waals surface area contributed by atoms with Crippen molar-refractivity contribution in [2.24, 2.45) is 5.92 Å². The molecule has 0 spiro atoms. The van der Waals surface area contributed by atoms with Gasteiger partial charge in [-0.2, -0.15) is 4.31 Å². The minimum absolute atomic E-state index is 0.0116. The van der Waals surface area contributed by atoms with E-state index in [1.807, 2.05) is 0 Å². The number of halogens is 1. The average molecular weight is 492 g/mol. The number of hydrogen-bond acceptors (Lipinski definition) is 5. The Bertz CT molecular complexity index is 1120. The third kappa shape index (κ3) is 6.40. The number of benzene rings is 2. The molecule has 184 valence electrons. The SMILES string of the molecule is CC(C)C(NC(=O)c1cccc(S(=O)(=O)N2CCOCC2)c1)C(=O)NCCc1ccccc1F. The summed E-state index contributed by atoms with van der Waals surface area (Å²) in [6, 6.07) is 11.3. The largest absolute Gasteiger partial charge is 0.379 e. The van der Waals surface area contributed by atoms with Crippen molar-refractivity contribution in [3.8, 4) is 0 Å². The van der Waals surface area contributed by atoms with Gasteiger partial charge in [-0.15, -0.1) is 0 Å². The number of rotatable bonds is 9. The van der Waals surface area contributed by atoms with Crippen molar-refractivity contribution in [2.75, 3.05) is 32.8 Å². The molecule has 3 rings (SSSR count). The quantitative estimate of drug-likeness (QED) is 0.558. The van der Waals surface area contributed by atoms with Crippen molar-refractivity contribution in [1.29, 1.82) is 0 Å². The van der Waals surface area contributed by atoms with Crippen LogP contribution in [0.2, 0.25) is 0 Å². The van der Waals surface area contributed by atoms with Crippen LogP contribution in [0, 0.1) is 11.7 Å². The van der Waals surface area contributed by atoms with Gasteiger partial charge in [0, 0.05) is 25.2 Å². The summed E-state index contributed by atoms with van der Waals surface area (Å²) >= 11 is 0. The molecule has 8 nitrogen and oxygen atoms in total. The van der Waals surface area contributed by atoms with Gasteiger partial charge in [-0.05, 0) is 42.2 Å². The minimum Gasteiger partial charge on any atom is -0.379 e. The summed E-state index contributed by atoms with van der Waals surface area (Å²) in [5, 5.41) is 5.44. The van der Waals surface area contributed by atoms with Crippen molar-refractivity contribution in [2.45, 2.75) is 31.2 Å². The number of amides is 2. The van der Waals surface area contributed by atoms with Gasteiger partial charge in [0.25, 0.3) is 5.91 Å². The Hall–Kier alpha value is -2.82. The molecule has 2 aromatic carbocycles. The molecule has 1 fully saturated rings. The molecule has 0 saturated carbocycles. The van der Waals surface area contributed by atoms with Gasteiger partial charge in [0.1, 0.15) is 11.9 Å². The van der Waals surface area contributed by atoms with Crippen LogP contribution in [0.15, 0.2) is 53.4 Å². The van der Waals surface area contributed by atoms with Crippen LogP contribution in [0.1, 0.15) is 29.8 Å². The van der Waals surface area contributed by atoms with Gasteiger partial charge in [0.05, 0.1) is 18.1 Å². The summed E-state index contributed by atoms with van der Waals surface area (Å²) in [6.07, 6.45) is 0.318. The molecule has 1 saturated heterocycles. The Labute approximate surface area is 199 Å². The molecular weight excluding hydrogens is 461 g/mol. The fourth-order valence-electron chi connectivity index (χ4n) is 3.62. The van der Waals surface area contributed by atoms with Gasteiger partial charge in [-0.25, -0.2) is 12.8 Å². The zero-order valence-corrected chi connectivity index (χ0v) is 20.1. The van der Waals surface area contributed by atoms with Gasteiger partial charge in [0.15, 0.2) is 0 Å². The van der Waals surface area contributed by atoms with Crippen molar-refractivity contribution in [1.82, 2.24) is 14.9 Å². The van der Waals surface area contributed by atoms with E-state index in [-0.39, 0.29) is 41.8 Å². The number of carbonyl (C=O) groups excluding carboxylic acids is 2. The third-order valence-electron chi connectivity index (χ3n) is 5.59. The molecule has 0 aliphatic carbocycles. The van der Waals surface area contributed by atoms with Gasteiger partial charge >= 0.3 is 0 Å². The number of carbonyl (C=O) groups is 2. The highest BCUT2D eigenvalue weighted by atomic mass is 32.2. The summed E-state index contributed by atoms with van der Waals surface area (Å²) in [5.41, 5.74) is 0.630. The molecule has 0 radical (unpaired) electrons. The fourth-order valence-corrected chi connectivity index (χ4v) is 5.08. The minimum atomic E-state index is -3.76. The maximum Gasteiger partial charge on any atom is 0.251 e. The van der Waals surface area contributed by atoms with Crippen LogP contribution in [0.5, 0.6) is 0 Å². The van der Waals surface area contributed by atoms with Crippen LogP contribution in [-0.2, 0) is 26.0 Å². The third-order valence-corrected chi connectivity index (χ3v) is 7.49. The monoisotopic (exact) mass is 491 g/mol. The Morgan fingerprint density at radius 1 is 1.09 bits per heavy atom. The van der Waals surface area contributed by atoms with Crippen LogP contribution in [0.3, 0.4) is 0 Å². The number of nitrogens with one attached hydrogen (secondary N) is 2. The van der Waals surface area contributed by atoms with Crippen LogP contribution in [0.25, 0.3) is 0 Å². The van der Waals surface area contributed by atoms with Gasteiger partial charge in [-0.3, -0.25) is 9.59 Å². The second-order valence-electron chi connectivity index (χ2n) is 8.37. The van der Waals surface area contributed by atoms with Crippen molar-refractivity contribution in [3.05, 3.63) is 65.5 Å². The zero-order valence-electron chi connectivity index (χ0n) is 19.3. The van der Waals surface area contributed by atoms with Crippen molar-refractivity contribution >= 4 is 21.8 Å². The highest BCUT2D eigenvalue weighted by Crippen LogP contribution is 2.19. The first kappa shape index (κ1) is 25.8. The van der Waals surface area contributed by atoms with Gasteiger partial charge in [0.2, 0.25) is 15.9 Å². The Kier molecular flexibility index (Phi) is 8.76.